The molecular weight excluding hydrogens is 310 g/mol. The van der Waals surface area contributed by atoms with E-state index in [-0.39, 0.29) is 11.9 Å². The largest absolute Gasteiger partial charge is 0.480 e. The Morgan fingerprint density at radius 2 is 2.10 bits per heavy atom. The highest BCUT2D eigenvalue weighted by Gasteiger charge is 2.18. The van der Waals surface area contributed by atoms with Gasteiger partial charge in [-0.05, 0) is 37.8 Å². The van der Waals surface area contributed by atoms with Gasteiger partial charge in [0, 0.05) is 24.8 Å². The molecule has 0 radical (unpaired) electrons. The van der Waals surface area contributed by atoms with E-state index in [2.05, 4.69) is 23.3 Å². The number of thiol groups is 1. The molecule has 124 valence electrons. The van der Waals surface area contributed by atoms with Gasteiger partial charge in [-0.3, -0.25) is 4.79 Å². The Balaban J connectivity index is 3.70. The minimum Gasteiger partial charge on any atom is -0.480 e. The van der Waals surface area contributed by atoms with Crippen LogP contribution in [0.3, 0.4) is 0 Å². The number of carbonyl (C=O) groups excluding carboxylic acids is 1. The maximum absolute atomic E-state index is 11.7. The lowest BCUT2D eigenvalue weighted by molar-refractivity contribution is -0.141. The first-order valence-corrected chi connectivity index (χ1v) is 9.12. The monoisotopic (exact) mass is 337 g/mol. The first-order valence-electron chi connectivity index (χ1n) is 7.09. The third kappa shape index (κ3) is 11.9. The minimum atomic E-state index is -0.972. The summed E-state index contributed by atoms with van der Waals surface area (Å²) in [5, 5.41) is 14.8. The van der Waals surface area contributed by atoms with Gasteiger partial charge in [-0.25, -0.2) is 4.79 Å². The number of nitrogens with one attached hydrogen (secondary N) is 2. The fourth-order valence-electron chi connectivity index (χ4n) is 1.65. The van der Waals surface area contributed by atoms with Crippen LogP contribution in [0.25, 0.3) is 0 Å². The molecule has 0 aliphatic heterocycles. The summed E-state index contributed by atoms with van der Waals surface area (Å²) in [5.41, 5.74) is 5.70. The van der Waals surface area contributed by atoms with Gasteiger partial charge in [0.1, 0.15) is 6.04 Å². The summed E-state index contributed by atoms with van der Waals surface area (Å²) in [4.78, 5) is 22.7. The fourth-order valence-corrected chi connectivity index (χ4v) is 2.25. The average Bonchev–Trinajstić information content (AvgIpc) is 2.46. The van der Waals surface area contributed by atoms with E-state index in [1.165, 1.54) is 0 Å². The average molecular weight is 338 g/mol. The van der Waals surface area contributed by atoms with Crippen LogP contribution in [0.5, 0.6) is 0 Å². The molecule has 0 aliphatic rings. The molecule has 0 heterocycles. The third-order valence-corrected chi connectivity index (χ3v) is 4.01. The van der Waals surface area contributed by atoms with Gasteiger partial charge in [-0.15, -0.1) is 0 Å². The van der Waals surface area contributed by atoms with Crippen molar-refractivity contribution in [2.75, 3.05) is 30.9 Å². The fraction of sp³-hybridized carbons (Fsp3) is 0.846. The second-order valence-corrected chi connectivity index (χ2v) is 6.19. The lowest BCUT2D eigenvalue weighted by atomic mass is 10.2. The molecule has 0 rings (SSSR count). The number of rotatable bonds is 13. The lowest BCUT2D eigenvalue weighted by Crippen LogP contribution is -2.41. The molecule has 21 heavy (non-hydrogen) atoms. The van der Waals surface area contributed by atoms with Crippen molar-refractivity contribution in [3.63, 3.8) is 0 Å². The van der Waals surface area contributed by atoms with Crippen LogP contribution in [0, 0.1) is 0 Å². The van der Waals surface area contributed by atoms with Gasteiger partial charge < -0.3 is 21.5 Å². The van der Waals surface area contributed by atoms with E-state index in [1.54, 1.807) is 11.8 Å². The van der Waals surface area contributed by atoms with Gasteiger partial charge in [0.2, 0.25) is 5.91 Å². The summed E-state index contributed by atoms with van der Waals surface area (Å²) in [7, 11) is 0. The number of hydrogen-bond donors (Lipinski definition) is 5. The molecule has 0 saturated heterocycles. The summed E-state index contributed by atoms with van der Waals surface area (Å²) < 4.78 is 0. The number of nitrogens with two attached hydrogens (primary N) is 1. The summed E-state index contributed by atoms with van der Waals surface area (Å²) in [5.74, 6) is 0.185. The van der Waals surface area contributed by atoms with Gasteiger partial charge in [0.15, 0.2) is 0 Å². The van der Waals surface area contributed by atoms with E-state index in [4.69, 9.17) is 10.8 Å². The first kappa shape index (κ1) is 20.6. The molecule has 2 atom stereocenters. The second-order valence-electron chi connectivity index (χ2n) is 4.84. The molecule has 0 aromatic heterocycles. The first-order chi connectivity index (χ1) is 10.0. The van der Waals surface area contributed by atoms with Crippen molar-refractivity contribution >= 4 is 36.3 Å². The van der Waals surface area contributed by atoms with E-state index < -0.39 is 12.0 Å². The topological polar surface area (TPSA) is 104 Å². The van der Waals surface area contributed by atoms with Crippen LogP contribution in [-0.4, -0.2) is 59.9 Å². The zero-order valence-electron chi connectivity index (χ0n) is 12.5. The van der Waals surface area contributed by atoms with E-state index in [0.29, 0.717) is 30.9 Å². The Morgan fingerprint density at radius 1 is 1.38 bits per heavy atom. The highest BCUT2D eigenvalue weighted by atomic mass is 32.2. The van der Waals surface area contributed by atoms with Gasteiger partial charge in [-0.2, -0.15) is 24.4 Å². The van der Waals surface area contributed by atoms with Crippen LogP contribution < -0.4 is 16.4 Å². The predicted octanol–water partition coefficient (Wildman–Crippen LogP) is 0.326. The standard InChI is InChI=1S/C13H27N3O3S2/c1-21-7-5-11(13(18)19)16-12(17)4-2-3-6-15-8-10(14)9-20/h10-11,15,20H,2-9,14H2,1H3,(H,16,17)(H,18,19)/t10-,11+/m1/s1. The number of aliphatic carboxylic acids is 1. The quantitative estimate of drug-likeness (QED) is 0.245. The van der Waals surface area contributed by atoms with Gasteiger partial charge >= 0.3 is 5.97 Å². The van der Waals surface area contributed by atoms with Crippen molar-refractivity contribution < 1.29 is 14.7 Å². The molecule has 0 bridgehead atoms. The van der Waals surface area contributed by atoms with E-state index in [1.807, 2.05) is 6.26 Å². The Morgan fingerprint density at radius 3 is 2.67 bits per heavy atom. The molecule has 0 aromatic carbocycles. The molecule has 0 saturated carbocycles. The van der Waals surface area contributed by atoms with Crippen LogP contribution >= 0.6 is 24.4 Å². The Bertz CT molecular complexity index is 306. The highest BCUT2D eigenvalue weighted by molar-refractivity contribution is 7.98. The molecule has 0 spiro atoms. The molecule has 0 aliphatic carbocycles. The van der Waals surface area contributed by atoms with E-state index >= 15 is 0 Å². The number of unbranched alkanes of at least 4 members (excludes halogenated alkanes) is 1. The number of carboxylic acid groups (broad SMARTS) is 1. The normalized spacial score (nSPS) is 13.7. The number of amides is 1. The molecular formula is C13H27N3O3S2. The number of carbonyl (C=O) groups is 2. The van der Waals surface area contributed by atoms with Crippen LogP contribution in [0.15, 0.2) is 0 Å². The van der Waals surface area contributed by atoms with Crippen molar-refractivity contribution in [2.45, 2.75) is 37.8 Å². The molecule has 1 amide bonds. The zero-order chi connectivity index (χ0) is 16.1. The second kappa shape index (κ2) is 13.2. The Hall–Kier alpha value is -0.440. The van der Waals surface area contributed by atoms with Crippen molar-refractivity contribution in [3.8, 4) is 0 Å². The van der Waals surface area contributed by atoms with Gasteiger partial charge in [0.25, 0.3) is 0 Å². The summed E-state index contributed by atoms with van der Waals surface area (Å²) in [6.45, 7) is 1.51. The highest BCUT2D eigenvalue weighted by Crippen LogP contribution is 2.02. The van der Waals surface area contributed by atoms with Crippen LogP contribution in [0.2, 0.25) is 0 Å². The lowest BCUT2D eigenvalue weighted by Gasteiger charge is -2.14. The zero-order valence-corrected chi connectivity index (χ0v) is 14.2. The maximum atomic E-state index is 11.7. The van der Waals surface area contributed by atoms with E-state index in [0.717, 1.165) is 19.4 Å². The van der Waals surface area contributed by atoms with Crippen molar-refractivity contribution in [1.29, 1.82) is 0 Å². The third-order valence-electron chi connectivity index (χ3n) is 2.89. The Labute approximate surface area is 136 Å². The van der Waals surface area contributed by atoms with Crippen LogP contribution in [-0.2, 0) is 9.59 Å². The molecule has 6 nitrogen and oxygen atoms in total. The maximum Gasteiger partial charge on any atom is 0.326 e. The van der Waals surface area contributed by atoms with E-state index in [9.17, 15) is 9.59 Å². The number of carboxylic acids is 1. The number of thioether (sulfide) groups is 1. The molecule has 0 aromatic rings. The molecule has 5 N–H and O–H groups in total. The van der Waals surface area contributed by atoms with Crippen molar-refractivity contribution in [2.24, 2.45) is 5.73 Å². The van der Waals surface area contributed by atoms with Crippen molar-refractivity contribution in [1.82, 2.24) is 10.6 Å². The van der Waals surface area contributed by atoms with Crippen LogP contribution in [0.1, 0.15) is 25.7 Å². The SMILES string of the molecule is CSCC[C@H](NC(=O)CCCCNC[C@@H](N)CS)C(=O)O. The summed E-state index contributed by atoms with van der Waals surface area (Å²) in [6, 6.07) is -0.735. The predicted molar refractivity (Wildman–Crippen MR) is 91.1 cm³/mol. The summed E-state index contributed by atoms with van der Waals surface area (Å²) in [6.07, 6.45) is 4.29. The Kier molecular flexibility index (Phi) is 13.0. The smallest absolute Gasteiger partial charge is 0.326 e. The van der Waals surface area contributed by atoms with Gasteiger partial charge in [-0.1, -0.05) is 0 Å². The number of hydrogen-bond acceptors (Lipinski definition) is 6. The van der Waals surface area contributed by atoms with Crippen molar-refractivity contribution in [3.05, 3.63) is 0 Å². The molecule has 8 heteroatoms. The van der Waals surface area contributed by atoms with Crippen LogP contribution in [0.4, 0.5) is 0 Å². The minimum absolute atomic E-state index is 0.0457. The molecule has 0 unspecified atom stereocenters. The summed E-state index contributed by atoms with van der Waals surface area (Å²) >= 11 is 5.66. The molecule has 0 fully saturated rings. The van der Waals surface area contributed by atoms with Gasteiger partial charge in [0.05, 0.1) is 0 Å².